The second-order valence-corrected chi connectivity index (χ2v) is 5.61. The molecule has 0 bridgehead atoms. The summed E-state index contributed by atoms with van der Waals surface area (Å²) < 4.78 is 4.90. The van der Waals surface area contributed by atoms with Crippen LogP contribution in [-0.4, -0.2) is 23.9 Å². The van der Waals surface area contributed by atoms with Gasteiger partial charge in [0.2, 0.25) is 11.1 Å². The molecule has 114 valence electrons. The van der Waals surface area contributed by atoms with Gasteiger partial charge in [-0.15, -0.1) is 0 Å². The fourth-order valence-corrected chi connectivity index (χ4v) is 2.92. The number of amides is 2. The van der Waals surface area contributed by atoms with Gasteiger partial charge < -0.3 is 14.6 Å². The van der Waals surface area contributed by atoms with E-state index in [1.54, 1.807) is 4.90 Å². The van der Waals surface area contributed by atoms with Crippen LogP contribution in [0.4, 0.5) is 5.69 Å². The van der Waals surface area contributed by atoms with Gasteiger partial charge in [-0.25, -0.2) is 0 Å². The van der Waals surface area contributed by atoms with Gasteiger partial charge in [-0.2, -0.15) is 0 Å². The average molecular weight is 319 g/mol. The predicted molar refractivity (Wildman–Crippen MR) is 83.0 cm³/mol. The van der Waals surface area contributed by atoms with Crippen molar-refractivity contribution in [2.75, 3.05) is 4.90 Å². The molecule has 0 saturated carbocycles. The van der Waals surface area contributed by atoms with Gasteiger partial charge in [-0.05, 0) is 43.1 Å². The number of rotatable bonds is 3. The highest BCUT2D eigenvalue weighted by molar-refractivity contribution is 6.32. The highest BCUT2D eigenvalue weighted by Crippen LogP contribution is 2.27. The summed E-state index contributed by atoms with van der Waals surface area (Å²) in [5.74, 6) is -0.522. The number of furan rings is 1. The Hall–Kier alpha value is -2.27. The molecule has 1 aliphatic rings. The fraction of sp³-hybridized carbons (Fsp3) is 0.250. The molecule has 1 aliphatic heterocycles. The molecule has 2 amide bonds. The van der Waals surface area contributed by atoms with E-state index in [-0.39, 0.29) is 22.7 Å². The molecular weight excluding hydrogens is 304 g/mol. The first-order chi connectivity index (χ1) is 10.6. The zero-order valence-corrected chi connectivity index (χ0v) is 12.7. The van der Waals surface area contributed by atoms with Gasteiger partial charge in [0.15, 0.2) is 0 Å². The van der Waals surface area contributed by atoms with Crippen molar-refractivity contribution in [2.45, 2.75) is 25.4 Å². The average Bonchev–Trinajstić information content (AvgIpc) is 3.04. The van der Waals surface area contributed by atoms with Crippen LogP contribution in [0.3, 0.4) is 0 Å². The minimum atomic E-state index is -0.561. The Labute approximate surface area is 132 Å². The SMILES string of the molecule is C[C@@H]1C[C@@H](NC(=O)c2ccoc2Cl)C(=O)N1c1ccccc1. The summed E-state index contributed by atoms with van der Waals surface area (Å²) in [5.41, 5.74) is 1.07. The lowest BCUT2D eigenvalue weighted by Gasteiger charge is -2.21. The Morgan fingerprint density at radius 1 is 1.32 bits per heavy atom. The number of anilines is 1. The maximum Gasteiger partial charge on any atom is 0.256 e. The van der Waals surface area contributed by atoms with E-state index in [2.05, 4.69) is 5.32 Å². The third-order valence-electron chi connectivity index (χ3n) is 3.76. The van der Waals surface area contributed by atoms with Crippen molar-refractivity contribution < 1.29 is 14.0 Å². The van der Waals surface area contributed by atoms with Gasteiger partial charge in [0.05, 0.1) is 11.8 Å². The molecule has 0 radical (unpaired) electrons. The van der Waals surface area contributed by atoms with Crippen molar-refractivity contribution in [3.63, 3.8) is 0 Å². The number of nitrogens with zero attached hydrogens (tertiary/aromatic N) is 1. The maximum atomic E-state index is 12.6. The Bertz CT molecular complexity index is 698. The summed E-state index contributed by atoms with van der Waals surface area (Å²) in [4.78, 5) is 26.4. The van der Waals surface area contributed by atoms with Crippen molar-refractivity contribution in [3.8, 4) is 0 Å². The van der Waals surface area contributed by atoms with Crippen LogP contribution >= 0.6 is 11.6 Å². The van der Waals surface area contributed by atoms with Crippen molar-refractivity contribution >= 4 is 29.1 Å². The topological polar surface area (TPSA) is 62.6 Å². The number of carbonyl (C=O) groups excluding carboxylic acids is 2. The molecule has 2 atom stereocenters. The first-order valence-electron chi connectivity index (χ1n) is 7.00. The predicted octanol–water partition coefficient (Wildman–Crippen LogP) is 2.86. The molecule has 0 aliphatic carbocycles. The first-order valence-corrected chi connectivity index (χ1v) is 7.37. The quantitative estimate of drug-likeness (QED) is 0.946. The molecule has 0 spiro atoms. The maximum absolute atomic E-state index is 12.6. The molecule has 2 aromatic rings. The number of carbonyl (C=O) groups is 2. The van der Waals surface area contributed by atoms with Crippen molar-refractivity contribution in [1.29, 1.82) is 0 Å². The molecule has 1 aromatic heterocycles. The number of hydrogen-bond donors (Lipinski definition) is 1. The number of halogens is 1. The van der Waals surface area contributed by atoms with E-state index in [0.29, 0.717) is 6.42 Å². The van der Waals surface area contributed by atoms with Crippen molar-refractivity contribution in [3.05, 3.63) is 53.4 Å². The molecule has 5 nitrogen and oxygen atoms in total. The lowest BCUT2D eigenvalue weighted by molar-refractivity contribution is -0.118. The van der Waals surface area contributed by atoms with Crippen LogP contribution in [0.2, 0.25) is 5.22 Å². The Kier molecular flexibility index (Phi) is 3.90. The highest BCUT2D eigenvalue weighted by Gasteiger charge is 2.39. The molecule has 1 N–H and O–H groups in total. The summed E-state index contributed by atoms with van der Waals surface area (Å²) >= 11 is 5.79. The van der Waals surface area contributed by atoms with Crippen LogP contribution in [0.5, 0.6) is 0 Å². The minimum absolute atomic E-state index is 0.0139. The van der Waals surface area contributed by atoms with Gasteiger partial charge in [0.25, 0.3) is 5.91 Å². The molecule has 3 rings (SSSR count). The number of benzene rings is 1. The summed E-state index contributed by atoms with van der Waals surface area (Å²) in [6, 6.07) is 10.4. The van der Waals surface area contributed by atoms with Crippen molar-refractivity contribution in [1.82, 2.24) is 5.32 Å². The minimum Gasteiger partial charge on any atom is -0.452 e. The Balaban J connectivity index is 1.76. The molecule has 1 aromatic carbocycles. The first kappa shape index (κ1) is 14.7. The molecule has 1 saturated heterocycles. The van der Waals surface area contributed by atoms with E-state index >= 15 is 0 Å². The highest BCUT2D eigenvalue weighted by atomic mass is 35.5. The van der Waals surface area contributed by atoms with Crippen LogP contribution in [0.15, 0.2) is 47.1 Å². The number of para-hydroxylation sites is 1. The normalized spacial score (nSPS) is 21.2. The lowest BCUT2D eigenvalue weighted by atomic mass is 10.1. The summed E-state index contributed by atoms with van der Waals surface area (Å²) in [6.45, 7) is 1.96. The van der Waals surface area contributed by atoms with Gasteiger partial charge in [-0.1, -0.05) is 18.2 Å². The van der Waals surface area contributed by atoms with Crippen LogP contribution in [-0.2, 0) is 4.79 Å². The molecule has 22 heavy (non-hydrogen) atoms. The van der Waals surface area contributed by atoms with E-state index in [9.17, 15) is 9.59 Å². The van der Waals surface area contributed by atoms with Crippen LogP contribution < -0.4 is 10.2 Å². The van der Waals surface area contributed by atoms with E-state index in [0.717, 1.165) is 5.69 Å². The van der Waals surface area contributed by atoms with E-state index in [4.69, 9.17) is 16.0 Å². The van der Waals surface area contributed by atoms with Gasteiger partial charge in [0.1, 0.15) is 6.04 Å². The van der Waals surface area contributed by atoms with Gasteiger partial charge in [-0.3, -0.25) is 9.59 Å². The Morgan fingerprint density at radius 3 is 2.68 bits per heavy atom. The monoisotopic (exact) mass is 318 g/mol. The molecule has 2 heterocycles. The second kappa shape index (κ2) is 5.85. The number of nitrogens with one attached hydrogen (secondary N) is 1. The summed E-state index contributed by atoms with van der Waals surface area (Å²) in [5, 5.41) is 2.75. The van der Waals surface area contributed by atoms with Crippen LogP contribution in [0.1, 0.15) is 23.7 Å². The number of hydrogen-bond acceptors (Lipinski definition) is 3. The van der Waals surface area contributed by atoms with E-state index in [1.165, 1.54) is 12.3 Å². The van der Waals surface area contributed by atoms with E-state index in [1.807, 2.05) is 37.3 Å². The summed E-state index contributed by atoms with van der Waals surface area (Å²) in [6.07, 6.45) is 1.89. The van der Waals surface area contributed by atoms with Gasteiger partial charge >= 0.3 is 0 Å². The van der Waals surface area contributed by atoms with Crippen LogP contribution in [0, 0.1) is 0 Å². The zero-order chi connectivity index (χ0) is 15.7. The second-order valence-electron chi connectivity index (χ2n) is 5.26. The molecule has 0 unspecified atom stereocenters. The zero-order valence-electron chi connectivity index (χ0n) is 12.0. The molecular formula is C16H15ClN2O3. The van der Waals surface area contributed by atoms with Crippen molar-refractivity contribution in [2.24, 2.45) is 0 Å². The third kappa shape index (κ3) is 2.60. The van der Waals surface area contributed by atoms with Gasteiger partial charge in [0, 0.05) is 11.7 Å². The molecule has 6 heteroatoms. The summed E-state index contributed by atoms with van der Waals surface area (Å²) in [7, 11) is 0. The van der Waals surface area contributed by atoms with E-state index < -0.39 is 11.9 Å². The lowest BCUT2D eigenvalue weighted by Crippen LogP contribution is -2.41. The third-order valence-corrected chi connectivity index (χ3v) is 4.05. The van der Waals surface area contributed by atoms with Crippen LogP contribution in [0.25, 0.3) is 0 Å². The Morgan fingerprint density at radius 2 is 2.05 bits per heavy atom. The standard InChI is InChI=1S/C16H15ClN2O3/c1-10-9-13(18-15(20)12-7-8-22-14(12)17)16(21)19(10)11-5-3-2-4-6-11/h2-8,10,13H,9H2,1H3,(H,18,20)/t10-,13-/m1/s1. The fourth-order valence-electron chi connectivity index (χ4n) is 2.72. The largest absolute Gasteiger partial charge is 0.452 e. The smallest absolute Gasteiger partial charge is 0.256 e. The molecule has 1 fully saturated rings.